The van der Waals surface area contributed by atoms with Gasteiger partial charge in [-0.25, -0.2) is 0 Å². The summed E-state index contributed by atoms with van der Waals surface area (Å²) < 4.78 is 39.4. The van der Waals surface area contributed by atoms with E-state index in [4.69, 9.17) is 5.73 Å². The van der Waals surface area contributed by atoms with E-state index < -0.39 is 29.6 Å². The highest BCUT2D eigenvalue weighted by Crippen LogP contribution is 2.32. The molecular formula is C22H19F3N2O2S. The first-order chi connectivity index (χ1) is 14.2. The highest BCUT2D eigenvalue weighted by Gasteiger charge is 2.33. The Balaban J connectivity index is 2.07. The number of halogens is 3. The standard InChI is InChI=1S/C22H19F3N2O2S/c1-14-10-11-30-19(14)21(29)27(18(20(26)28)16-7-3-2-4-8-16)13-15-6-5-9-17(12-15)22(23,24)25/h2-12,18H,13H2,1H3,(H2,26,28)/t18-/m1/s1. The van der Waals surface area contributed by atoms with E-state index in [-0.39, 0.29) is 12.1 Å². The Kier molecular flexibility index (Phi) is 6.26. The average Bonchev–Trinajstić information content (AvgIpc) is 3.13. The number of alkyl halides is 3. The Labute approximate surface area is 175 Å². The minimum atomic E-state index is -4.52. The molecule has 0 unspecified atom stereocenters. The van der Waals surface area contributed by atoms with Crippen LogP contribution in [0.5, 0.6) is 0 Å². The van der Waals surface area contributed by atoms with Crippen molar-refractivity contribution in [3.8, 4) is 0 Å². The molecule has 1 aromatic heterocycles. The lowest BCUT2D eigenvalue weighted by atomic mass is 10.0. The quantitative estimate of drug-likeness (QED) is 0.599. The monoisotopic (exact) mass is 432 g/mol. The van der Waals surface area contributed by atoms with Gasteiger partial charge in [0, 0.05) is 6.54 Å². The molecule has 1 atom stereocenters. The number of aryl methyl sites for hydroxylation is 1. The van der Waals surface area contributed by atoms with Crippen LogP contribution < -0.4 is 5.73 Å². The van der Waals surface area contributed by atoms with Crippen LogP contribution in [0.1, 0.15) is 38.0 Å². The largest absolute Gasteiger partial charge is 0.416 e. The number of carbonyl (C=O) groups is 2. The zero-order valence-corrected chi connectivity index (χ0v) is 16.8. The molecule has 0 bridgehead atoms. The summed E-state index contributed by atoms with van der Waals surface area (Å²) >= 11 is 1.20. The van der Waals surface area contributed by atoms with E-state index in [2.05, 4.69) is 0 Å². The minimum Gasteiger partial charge on any atom is -0.368 e. The first-order valence-electron chi connectivity index (χ1n) is 9.04. The molecule has 0 spiro atoms. The second-order valence-corrected chi connectivity index (χ2v) is 7.70. The van der Waals surface area contributed by atoms with Gasteiger partial charge in [-0.3, -0.25) is 9.59 Å². The van der Waals surface area contributed by atoms with Crippen LogP contribution in [0.15, 0.2) is 66.0 Å². The van der Waals surface area contributed by atoms with Gasteiger partial charge in [0.25, 0.3) is 5.91 Å². The van der Waals surface area contributed by atoms with Gasteiger partial charge in [-0.2, -0.15) is 13.2 Å². The van der Waals surface area contributed by atoms with Crippen molar-refractivity contribution in [2.75, 3.05) is 0 Å². The Morgan fingerprint density at radius 1 is 1.07 bits per heavy atom. The van der Waals surface area contributed by atoms with Crippen LogP contribution in [0, 0.1) is 6.92 Å². The van der Waals surface area contributed by atoms with E-state index in [0.717, 1.165) is 17.7 Å². The normalized spacial score (nSPS) is 12.4. The lowest BCUT2D eigenvalue weighted by Crippen LogP contribution is -2.41. The lowest BCUT2D eigenvalue weighted by molar-refractivity contribution is -0.137. The number of nitrogens with two attached hydrogens (primary N) is 1. The third kappa shape index (κ3) is 4.71. The number of nitrogens with zero attached hydrogens (tertiary/aromatic N) is 1. The van der Waals surface area contributed by atoms with Crippen LogP contribution in [0.2, 0.25) is 0 Å². The van der Waals surface area contributed by atoms with E-state index >= 15 is 0 Å². The molecule has 0 radical (unpaired) electrons. The second kappa shape index (κ2) is 8.71. The summed E-state index contributed by atoms with van der Waals surface area (Å²) in [5.41, 5.74) is 6.27. The summed E-state index contributed by atoms with van der Waals surface area (Å²) in [6.45, 7) is 1.55. The van der Waals surface area contributed by atoms with Crippen LogP contribution in [0.3, 0.4) is 0 Å². The number of primary amides is 1. The van der Waals surface area contributed by atoms with Crippen LogP contribution in [0.4, 0.5) is 13.2 Å². The summed E-state index contributed by atoms with van der Waals surface area (Å²) in [7, 11) is 0. The van der Waals surface area contributed by atoms with Gasteiger partial charge < -0.3 is 10.6 Å². The molecule has 3 rings (SSSR count). The lowest BCUT2D eigenvalue weighted by Gasteiger charge is -2.30. The molecule has 0 saturated carbocycles. The number of carbonyl (C=O) groups excluding carboxylic acids is 2. The van der Waals surface area contributed by atoms with Crippen LogP contribution in [0.25, 0.3) is 0 Å². The topological polar surface area (TPSA) is 63.4 Å². The molecule has 1 heterocycles. The smallest absolute Gasteiger partial charge is 0.368 e. The predicted molar refractivity (Wildman–Crippen MR) is 109 cm³/mol. The molecule has 0 aliphatic rings. The SMILES string of the molecule is Cc1ccsc1C(=O)N(Cc1cccc(C(F)(F)F)c1)[C@@H](C(N)=O)c1ccccc1. The Morgan fingerprint density at radius 2 is 1.77 bits per heavy atom. The third-order valence-electron chi connectivity index (χ3n) is 4.62. The van der Waals surface area contributed by atoms with Gasteiger partial charge >= 0.3 is 6.18 Å². The molecule has 0 aliphatic heterocycles. The van der Waals surface area contributed by atoms with Crippen molar-refractivity contribution in [3.05, 3.63) is 93.2 Å². The van der Waals surface area contributed by atoms with Gasteiger partial charge in [0.1, 0.15) is 6.04 Å². The minimum absolute atomic E-state index is 0.206. The summed E-state index contributed by atoms with van der Waals surface area (Å²) in [5, 5.41) is 1.74. The Bertz CT molecular complexity index is 1050. The van der Waals surface area contributed by atoms with Crippen molar-refractivity contribution in [2.45, 2.75) is 25.7 Å². The fourth-order valence-electron chi connectivity index (χ4n) is 3.18. The number of hydrogen-bond donors (Lipinski definition) is 1. The maximum absolute atomic E-state index is 13.3. The van der Waals surface area contributed by atoms with Gasteiger partial charge in [0.15, 0.2) is 0 Å². The van der Waals surface area contributed by atoms with Crippen LogP contribution in [-0.4, -0.2) is 16.7 Å². The van der Waals surface area contributed by atoms with Crippen molar-refractivity contribution in [1.82, 2.24) is 4.90 Å². The van der Waals surface area contributed by atoms with Crippen LogP contribution in [-0.2, 0) is 17.5 Å². The predicted octanol–water partition coefficient (Wildman–Crippen LogP) is 4.94. The van der Waals surface area contributed by atoms with E-state index in [1.807, 2.05) is 0 Å². The summed E-state index contributed by atoms with van der Waals surface area (Å²) in [5.74, 6) is -1.23. The summed E-state index contributed by atoms with van der Waals surface area (Å²) in [6.07, 6.45) is -4.52. The molecule has 0 saturated heterocycles. The Morgan fingerprint density at radius 3 is 2.33 bits per heavy atom. The molecule has 3 aromatic rings. The molecule has 2 N–H and O–H groups in total. The molecule has 2 amide bonds. The van der Waals surface area contributed by atoms with Crippen molar-refractivity contribution in [3.63, 3.8) is 0 Å². The fraction of sp³-hybridized carbons (Fsp3) is 0.182. The number of benzene rings is 2. The van der Waals surface area contributed by atoms with Crippen molar-refractivity contribution >= 4 is 23.2 Å². The van der Waals surface area contributed by atoms with E-state index in [0.29, 0.717) is 10.4 Å². The molecular weight excluding hydrogens is 413 g/mol. The number of thiophene rings is 1. The maximum Gasteiger partial charge on any atom is 0.416 e. The first-order valence-corrected chi connectivity index (χ1v) is 9.92. The molecule has 4 nitrogen and oxygen atoms in total. The van der Waals surface area contributed by atoms with E-state index in [1.165, 1.54) is 28.4 Å². The molecule has 30 heavy (non-hydrogen) atoms. The molecule has 0 fully saturated rings. The van der Waals surface area contributed by atoms with Gasteiger partial charge in [-0.15, -0.1) is 11.3 Å². The molecule has 0 aliphatic carbocycles. The summed E-state index contributed by atoms with van der Waals surface area (Å²) in [6, 6.07) is 13.8. The van der Waals surface area contributed by atoms with Gasteiger partial charge in [-0.05, 0) is 47.2 Å². The number of rotatable bonds is 6. The zero-order chi connectivity index (χ0) is 21.9. The fourth-order valence-corrected chi connectivity index (χ4v) is 4.06. The molecule has 156 valence electrons. The second-order valence-electron chi connectivity index (χ2n) is 6.78. The van der Waals surface area contributed by atoms with Gasteiger partial charge in [-0.1, -0.05) is 42.5 Å². The number of amides is 2. The van der Waals surface area contributed by atoms with Gasteiger partial charge in [0.05, 0.1) is 10.4 Å². The summed E-state index contributed by atoms with van der Waals surface area (Å²) in [4.78, 5) is 27.3. The van der Waals surface area contributed by atoms with Crippen molar-refractivity contribution in [1.29, 1.82) is 0 Å². The Hall–Kier alpha value is -3.13. The van der Waals surface area contributed by atoms with E-state index in [1.54, 1.807) is 48.7 Å². The molecule has 8 heteroatoms. The number of hydrogen-bond acceptors (Lipinski definition) is 3. The highest BCUT2D eigenvalue weighted by molar-refractivity contribution is 7.12. The third-order valence-corrected chi connectivity index (χ3v) is 5.63. The molecule has 2 aromatic carbocycles. The van der Waals surface area contributed by atoms with Crippen molar-refractivity contribution < 1.29 is 22.8 Å². The zero-order valence-electron chi connectivity index (χ0n) is 16.0. The average molecular weight is 432 g/mol. The van der Waals surface area contributed by atoms with Crippen LogP contribution >= 0.6 is 11.3 Å². The van der Waals surface area contributed by atoms with E-state index in [9.17, 15) is 22.8 Å². The van der Waals surface area contributed by atoms with Crippen molar-refractivity contribution in [2.24, 2.45) is 5.73 Å². The maximum atomic E-state index is 13.3. The highest BCUT2D eigenvalue weighted by atomic mass is 32.1. The first kappa shape index (κ1) is 21.6. The van der Waals surface area contributed by atoms with Gasteiger partial charge in [0.2, 0.25) is 5.91 Å².